The lowest BCUT2D eigenvalue weighted by Crippen LogP contribution is -2.04. The van der Waals surface area contributed by atoms with Gasteiger partial charge in [0.05, 0.1) is 4.92 Å². The highest BCUT2D eigenvalue weighted by molar-refractivity contribution is 6.30. The van der Waals surface area contributed by atoms with Crippen LogP contribution in [-0.4, -0.2) is 4.92 Å². The van der Waals surface area contributed by atoms with Crippen LogP contribution in [0.15, 0.2) is 18.2 Å². The van der Waals surface area contributed by atoms with Crippen molar-refractivity contribution < 1.29 is 9.76 Å². The normalized spacial score (nSPS) is 8.77. The zero-order valence-corrected chi connectivity index (χ0v) is 7.84. The maximum Gasteiger partial charge on any atom is 0.315 e. The van der Waals surface area contributed by atoms with E-state index in [4.69, 9.17) is 17.5 Å². The lowest BCUT2D eigenvalue weighted by atomic mass is 10.3. The molecular formula is C6H6Cl2N2O3. The van der Waals surface area contributed by atoms with Crippen molar-refractivity contribution in [3.05, 3.63) is 33.3 Å². The molecule has 0 aliphatic heterocycles. The Kier molecular flexibility index (Phi) is 4.47. The number of benzene rings is 1. The molecule has 0 aliphatic rings. The van der Waals surface area contributed by atoms with Gasteiger partial charge in [0.15, 0.2) is 0 Å². The van der Waals surface area contributed by atoms with Gasteiger partial charge in [-0.3, -0.25) is 10.1 Å². The van der Waals surface area contributed by atoms with E-state index in [2.05, 4.69) is 4.84 Å². The van der Waals surface area contributed by atoms with Crippen LogP contribution in [0, 0.1) is 10.1 Å². The second kappa shape index (κ2) is 4.86. The largest absolute Gasteiger partial charge is 0.404 e. The van der Waals surface area contributed by atoms with Crippen LogP contribution in [0.25, 0.3) is 0 Å². The molecule has 1 aromatic rings. The Morgan fingerprint density at radius 3 is 2.62 bits per heavy atom. The summed E-state index contributed by atoms with van der Waals surface area (Å²) in [5.74, 6) is 4.78. The minimum atomic E-state index is -0.617. The van der Waals surface area contributed by atoms with Crippen LogP contribution in [0.2, 0.25) is 5.02 Å². The molecule has 0 amide bonds. The monoisotopic (exact) mass is 224 g/mol. The van der Waals surface area contributed by atoms with E-state index in [1.807, 2.05) is 0 Å². The van der Waals surface area contributed by atoms with E-state index in [0.717, 1.165) is 0 Å². The Balaban J connectivity index is 0.00000144. The number of nitro benzene ring substituents is 1. The van der Waals surface area contributed by atoms with Crippen molar-refractivity contribution in [3.8, 4) is 5.75 Å². The zero-order valence-electron chi connectivity index (χ0n) is 6.27. The van der Waals surface area contributed by atoms with Crippen molar-refractivity contribution in [1.29, 1.82) is 0 Å². The molecule has 0 aliphatic carbocycles. The van der Waals surface area contributed by atoms with Crippen molar-refractivity contribution in [1.82, 2.24) is 0 Å². The summed E-state index contributed by atoms with van der Waals surface area (Å²) in [5, 5.41) is 10.6. The molecule has 0 atom stereocenters. The topological polar surface area (TPSA) is 78.4 Å². The Morgan fingerprint density at radius 1 is 1.54 bits per heavy atom. The predicted molar refractivity (Wildman–Crippen MR) is 50.2 cm³/mol. The first-order valence-electron chi connectivity index (χ1n) is 2.96. The van der Waals surface area contributed by atoms with Gasteiger partial charge in [-0.1, -0.05) is 11.6 Å². The summed E-state index contributed by atoms with van der Waals surface area (Å²) in [6.07, 6.45) is 0. The van der Waals surface area contributed by atoms with E-state index >= 15 is 0 Å². The van der Waals surface area contributed by atoms with Crippen molar-refractivity contribution in [2.24, 2.45) is 5.90 Å². The maximum atomic E-state index is 10.3. The lowest BCUT2D eigenvalue weighted by Gasteiger charge is -1.99. The third kappa shape index (κ3) is 2.73. The van der Waals surface area contributed by atoms with Gasteiger partial charge in [-0.15, -0.1) is 12.4 Å². The number of nitrogens with zero attached hydrogens (tertiary/aromatic N) is 1. The van der Waals surface area contributed by atoms with Gasteiger partial charge in [0, 0.05) is 11.1 Å². The summed E-state index contributed by atoms with van der Waals surface area (Å²) in [4.78, 5) is 14.0. The fourth-order valence-corrected chi connectivity index (χ4v) is 0.899. The summed E-state index contributed by atoms with van der Waals surface area (Å²) in [5.41, 5.74) is -0.245. The zero-order chi connectivity index (χ0) is 9.14. The molecular weight excluding hydrogens is 219 g/mol. The van der Waals surface area contributed by atoms with Crippen molar-refractivity contribution in [2.75, 3.05) is 0 Å². The fraction of sp³-hybridized carbons (Fsp3) is 0. The van der Waals surface area contributed by atoms with Gasteiger partial charge in [-0.25, -0.2) is 0 Å². The molecule has 2 N–H and O–H groups in total. The number of hydrogen-bond donors (Lipinski definition) is 1. The molecule has 0 heterocycles. The molecule has 7 heteroatoms. The molecule has 0 aromatic heterocycles. The van der Waals surface area contributed by atoms with Crippen LogP contribution >= 0.6 is 24.0 Å². The van der Waals surface area contributed by atoms with E-state index in [9.17, 15) is 10.1 Å². The molecule has 1 rings (SSSR count). The number of nitro groups is 1. The van der Waals surface area contributed by atoms with Crippen LogP contribution in [0.4, 0.5) is 5.69 Å². The lowest BCUT2D eigenvalue weighted by molar-refractivity contribution is -0.385. The molecule has 13 heavy (non-hydrogen) atoms. The number of halogens is 2. The second-order valence-electron chi connectivity index (χ2n) is 1.99. The van der Waals surface area contributed by atoms with E-state index < -0.39 is 4.92 Å². The molecule has 1 aromatic carbocycles. The first kappa shape index (κ1) is 12.0. The van der Waals surface area contributed by atoms with E-state index in [-0.39, 0.29) is 28.9 Å². The summed E-state index contributed by atoms with van der Waals surface area (Å²) in [6.45, 7) is 0. The molecule has 0 unspecified atom stereocenters. The van der Waals surface area contributed by atoms with Crippen LogP contribution < -0.4 is 10.7 Å². The first-order chi connectivity index (χ1) is 5.65. The Bertz CT molecular complexity index is 319. The predicted octanol–water partition coefficient (Wildman–Crippen LogP) is 1.92. The van der Waals surface area contributed by atoms with Gasteiger partial charge in [-0.2, -0.15) is 5.90 Å². The molecule has 0 fully saturated rings. The third-order valence-electron chi connectivity index (χ3n) is 1.24. The maximum absolute atomic E-state index is 10.3. The number of rotatable bonds is 2. The van der Waals surface area contributed by atoms with Gasteiger partial charge in [0.1, 0.15) is 0 Å². The highest BCUT2D eigenvalue weighted by Gasteiger charge is 2.14. The van der Waals surface area contributed by atoms with E-state index in [0.29, 0.717) is 0 Å². The van der Waals surface area contributed by atoms with Gasteiger partial charge >= 0.3 is 5.69 Å². The van der Waals surface area contributed by atoms with Crippen LogP contribution in [0.5, 0.6) is 5.75 Å². The first-order valence-corrected chi connectivity index (χ1v) is 3.33. The fourth-order valence-electron chi connectivity index (χ4n) is 0.733. The van der Waals surface area contributed by atoms with Gasteiger partial charge in [0.2, 0.25) is 5.75 Å². The summed E-state index contributed by atoms with van der Waals surface area (Å²) in [7, 11) is 0. The van der Waals surface area contributed by atoms with Gasteiger partial charge in [-0.05, 0) is 12.1 Å². The minimum absolute atomic E-state index is 0. The van der Waals surface area contributed by atoms with Crippen LogP contribution in [0.1, 0.15) is 0 Å². The van der Waals surface area contributed by atoms with Crippen molar-refractivity contribution in [2.45, 2.75) is 0 Å². The molecule has 0 spiro atoms. The van der Waals surface area contributed by atoms with E-state index in [1.54, 1.807) is 0 Å². The van der Waals surface area contributed by atoms with Crippen molar-refractivity contribution >= 4 is 29.7 Å². The van der Waals surface area contributed by atoms with Gasteiger partial charge < -0.3 is 4.84 Å². The van der Waals surface area contributed by atoms with E-state index in [1.165, 1.54) is 18.2 Å². The highest BCUT2D eigenvalue weighted by atomic mass is 35.5. The average molecular weight is 225 g/mol. The Hall–Kier alpha value is -1.04. The third-order valence-corrected chi connectivity index (χ3v) is 1.48. The average Bonchev–Trinajstić information content (AvgIpc) is 2.04. The minimum Gasteiger partial charge on any atom is -0.404 e. The van der Waals surface area contributed by atoms with Crippen LogP contribution in [-0.2, 0) is 0 Å². The summed E-state index contributed by atoms with van der Waals surface area (Å²) >= 11 is 5.52. The highest BCUT2D eigenvalue weighted by Crippen LogP contribution is 2.28. The number of hydrogen-bond acceptors (Lipinski definition) is 4. The van der Waals surface area contributed by atoms with Gasteiger partial charge in [0.25, 0.3) is 0 Å². The summed E-state index contributed by atoms with van der Waals surface area (Å²) in [6, 6.07) is 3.96. The Morgan fingerprint density at radius 2 is 2.15 bits per heavy atom. The number of nitrogens with two attached hydrogens (primary N) is 1. The molecule has 0 saturated carbocycles. The SMILES string of the molecule is Cl.NOc1ccc(Cl)cc1[N+](=O)[O-]. The summed E-state index contributed by atoms with van der Waals surface area (Å²) < 4.78 is 0. The second-order valence-corrected chi connectivity index (χ2v) is 2.42. The smallest absolute Gasteiger partial charge is 0.315 e. The standard InChI is InChI=1S/C6H5ClN2O3.ClH/c7-4-1-2-6(12-8)5(3-4)9(10)11;/h1-3H,8H2;1H. The molecule has 0 saturated heterocycles. The van der Waals surface area contributed by atoms with Crippen LogP contribution in [0.3, 0.4) is 0 Å². The van der Waals surface area contributed by atoms with Crippen molar-refractivity contribution in [3.63, 3.8) is 0 Å². The molecule has 0 bridgehead atoms. The Labute approximate surface area is 84.9 Å². The molecule has 5 nitrogen and oxygen atoms in total. The molecule has 72 valence electrons. The molecule has 0 radical (unpaired) electrons. The quantitative estimate of drug-likeness (QED) is 0.615.